The Bertz CT molecular complexity index is 1130. The van der Waals surface area contributed by atoms with Crippen molar-refractivity contribution in [2.75, 3.05) is 27.6 Å². The Kier molecular flexibility index (Phi) is 5.19. The van der Waals surface area contributed by atoms with E-state index in [2.05, 4.69) is 4.98 Å². The minimum atomic E-state index is -3.73. The lowest BCUT2D eigenvalue weighted by molar-refractivity contribution is 0.0978. The molecule has 8 nitrogen and oxygen atoms in total. The number of H-pyrrole nitrogens is 1. The van der Waals surface area contributed by atoms with Crippen LogP contribution < -0.4 is 18.9 Å². The standard InChI is InChI=1S/C19H20N2O6S/c1-25-12-7-5-11(6-8-12)17-13-9-15(26-2)16(27-3)10-14(13)20-18(17)19(22)21-28(4,23)24/h5-10,20H,1-4H3,(H,21,22). The van der Waals surface area contributed by atoms with Crippen LogP contribution >= 0.6 is 0 Å². The van der Waals surface area contributed by atoms with Crippen molar-refractivity contribution in [2.24, 2.45) is 0 Å². The van der Waals surface area contributed by atoms with Crippen molar-refractivity contribution in [3.63, 3.8) is 0 Å². The highest BCUT2D eigenvalue weighted by atomic mass is 32.2. The number of carbonyl (C=O) groups excluding carboxylic acids is 1. The van der Waals surface area contributed by atoms with Gasteiger partial charge in [0.2, 0.25) is 10.0 Å². The number of hydrogen-bond acceptors (Lipinski definition) is 6. The lowest BCUT2D eigenvalue weighted by atomic mass is 10.0. The maximum absolute atomic E-state index is 12.6. The average Bonchev–Trinajstić information content (AvgIpc) is 3.04. The second-order valence-corrected chi connectivity index (χ2v) is 7.81. The molecule has 1 aromatic heterocycles. The number of fused-ring (bicyclic) bond motifs is 1. The largest absolute Gasteiger partial charge is 0.497 e. The van der Waals surface area contributed by atoms with Gasteiger partial charge in [0.15, 0.2) is 11.5 Å². The lowest BCUT2D eigenvalue weighted by Crippen LogP contribution is -2.29. The fraction of sp³-hybridized carbons (Fsp3) is 0.211. The van der Waals surface area contributed by atoms with Crippen LogP contribution in [0, 0.1) is 0 Å². The predicted molar refractivity (Wildman–Crippen MR) is 106 cm³/mol. The highest BCUT2D eigenvalue weighted by Gasteiger charge is 2.23. The number of hydrogen-bond donors (Lipinski definition) is 2. The monoisotopic (exact) mass is 404 g/mol. The summed E-state index contributed by atoms with van der Waals surface area (Å²) in [6, 6.07) is 10.5. The second kappa shape index (κ2) is 7.43. The molecule has 0 saturated carbocycles. The zero-order chi connectivity index (χ0) is 20.5. The van der Waals surface area contributed by atoms with Crippen molar-refractivity contribution in [3.8, 4) is 28.4 Å². The van der Waals surface area contributed by atoms with Crippen LogP contribution in [-0.2, 0) is 10.0 Å². The number of aromatic amines is 1. The van der Waals surface area contributed by atoms with Crippen molar-refractivity contribution >= 4 is 26.8 Å². The molecule has 0 atom stereocenters. The van der Waals surface area contributed by atoms with E-state index in [4.69, 9.17) is 14.2 Å². The minimum absolute atomic E-state index is 0.112. The molecule has 3 rings (SSSR count). The fourth-order valence-corrected chi connectivity index (χ4v) is 3.41. The quantitative estimate of drug-likeness (QED) is 0.654. The van der Waals surface area contributed by atoms with Crippen LogP contribution in [0.25, 0.3) is 22.0 Å². The Hall–Kier alpha value is -3.20. The van der Waals surface area contributed by atoms with Crippen molar-refractivity contribution in [3.05, 3.63) is 42.1 Å². The molecule has 0 aliphatic rings. The minimum Gasteiger partial charge on any atom is -0.497 e. The maximum atomic E-state index is 12.6. The molecule has 0 saturated heterocycles. The number of amides is 1. The summed E-state index contributed by atoms with van der Waals surface area (Å²) in [5, 5.41) is 0.682. The summed E-state index contributed by atoms with van der Waals surface area (Å²) in [6.45, 7) is 0. The van der Waals surface area contributed by atoms with Gasteiger partial charge in [0.1, 0.15) is 11.4 Å². The summed E-state index contributed by atoms with van der Waals surface area (Å²) in [4.78, 5) is 15.6. The van der Waals surface area contributed by atoms with Gasteiger partial charge in [0.25, 0.3) is 5.91 Å². The first-order valence-electron chi connectivity index (χ1n) is 8.21. The molecule has 0 aliphatic carbocycles. The van der Waals surface area contributed by atoms with E-state index in [1.807, 2.05) is 4.72 Å². The topological polar surface area (TPSA) is 107 Å². The Morgan fingerprint density at radius 3 is 2.11 bits per heavy atom. The molecule has 2 aromatic carbocycles. The Morgan fingerprint density at radius 1 is 0.964 bits per heavy atom. The molecule has 0 unspecified atom stereocenters. The highest BCUT2D eigenvalue weighted by molar-refractivity contribution is 7.89. The Balaban J connectivity index is 2.29. The molecule has 0 aliphatic heterocycles. The van der Waals surface area contributed by atoms with Gasteiger partial charge in [-0.05, 0) is 23.8 Å². The van der Waals surface area contributed by atoms with Crippen molar-refractivity contribution < 1.29 is 27.4 Å². The molecule has 0 bridgehead atoms. The molecule has 2 N–H and O–H groups in total. The summed E-state index contributed by atoms with van der Waals surface area (Å²) >= 11 is 0. The average molecular weight is 404 g/mol. The normalized spacial score (nSPS) is 11.3. The molecule has 0 spiro atoms. The van der Waals surface area contributed by atoms with E-state index >= 15 is 0 Å². The molecule has 1 amide bonds. The predicted octanol–water partition coefficient (Wildman–Crippen LogP) is 2.55. The van der Waals surface area contributed by atoms with Crippen molar-refractivity contribution in [1.29, 1.82) is 0 Å². The number of sulfonamides is 1. The van der Waals surface area contributed by atoms with E-state index < -0.39 is 15.9 Å². The van der Waals surface area contributed by atoms with E-state index in [0.29, 0.717) is 39.3 Å². The van der Waals surface area contributed by atoms with E-state index in [0.717, 1.165) is 6.26 Å². The molecular weight excluding hydrogens is 384 g/mol. The van der Waals surface area contributed by atoms with E-state index in [9.17, 15) is 13.2 Å². The summed E-state index contributed by atoms with van der Waals surface area (Å²) < 4.78 is 41.0. The van der Waals surface area contributed by atoms with Gasteiger partial charge in [-0.25, -0.2) is 13.1 Å². The fourth-order valence-electron chi connectivity index (χ4n) is 2.97. The van der Waals surface area contributed by atoms with Crippen LogP contribution in [0.15, 0.2) is 36.4 Å². The van der Waals surface area contributed by atoms with Gasteiger partial charge >= 0.3 is 0 Å². The first kappa shape index (κ1) is 19.6. The molecule has 0 radical (unpaired) electrons. The van der Waals surface area contributed by atoms with Gasteiger partial charge in [-0.2, -0.15) is 0 Å². The Morgan fingerprint density at radius 2 is 1.57 bits per heavy atom. The maximum Gasteiger partial charge on any atom is 0.281 e. The first-order chi connectivity index (χ1) is 13.3. The van der Waals surface area contributed by atoms with Gasteiger partial charge in [0, 0.05) is 17.0 Å². The zero-order valence-corrected chi connectivity index (χ0v) is 16.6. The highest BCUT2D eigenvalue weighted by Crippen LogP contribution is 2.39. The number of methoxy groups -OCH3 is 3. The van der Waals surface area contributed by atoms with E-state index in [1.54, 1.807) is 43.5 Å². The van der Waals surface area contributed by atoms with Gasteiger partial charge < -0.3 is 19.2 Å². The van der Waals surface area contributed by atoms with Gasteiger partial charge in [-0.15, -0.1) is 0 Å². The van der Waals surface area contributed by atoms with E-state index in [1.165, 1.54) is 14.2 Å². The summed E-state index contributed by atoms with van der Waals surface area (Å²) in [6.07, 6.45) is 0.923. The molecule has 28 heavy (non-hydrogen) atoms. The van der Waals surface area contributed by atoms with Crippen molar-refractivity contribution in [2.45, 2.75) is 0 Å². The third-order valence-corrected chi connectivity index (χ3v) is 4.74. The van der Waals surface area contributed by atoms with Gasteiger partial charge in [-0.1, -0.05) is 12.1 Å². The molecule has 148 valence electrons. The molecule has 0 fully saturated rings. The van der Waals surface area contributed by atoms with Crippen LogP contribution in [0.5, 0.6) is 17.2 Å². The van der Waals surface area contributed by atoms with Gasteiger partial charge in [-0.3, -0.25) is 4.79 Å². The smallest absolute Gasteiger partial charge is 0.281 e. The number of ether oxygens (including phenoxy) is 3. The van der Waals surface area contributed by atoms with Crippen LogP contribution in [0.3, 0.4) is 0 Å². The third-order valence-electron chi connectivity index (χ3n) is 4.19. The second-order valence-electron chi connectivity index (χ2n) is 6.06. The lowest BCUT2D eigenvalue weighted by Gasteiger charge is -2.09. The molecule has 3 aromatic rings. The van der Waals surface area contributed by atoms with Gasteiger partial charge in [0.05, 0.1) is 33.1 Å². The van der Waals surface area contributed by atoms with Crippen LogP contribution in [0.1, 0.15) is 10.5 Å². The number of carbonyl (C=O) groups is 1. The van der Waals surface area contributed by atoms with Crippen LogP contribution in [0.4, 0.5) is 0 Å². The number of rotatable bonds is 6. The zero-order valence-electron chi connectivity index (χ0n) is 15.8. The summed E-state index contributed by atoms with van der Waals surface area (Å²) in [5.74, 6) is 0.860. The molecule has 9 heteroatoms. The number of nitrogens with one attached hydrogen (secondary N) is 2. The summed E-state index contributed by atoms with van der Waals surface area (Å²) in [5.41, 5.74) is 1.96. The van der Waals surface area contributed by atoms with Crippen LogP contribution in [0.2, 0.25) is 0 Å². The first-order valence-corrected chi connectivity index (χ1v) is 10.1. The molecule has 1 heterocycles. The summed E-state index contributed by atoms with van der Waals surface area (Å²) in [7, 11) is 0.848. The third kappa shape index (κ3) is 3.74. The number of aromatic nitrogens is 1. The van der Waals surface area contributed by atoms with Crippen molar-refractivity contribution in [1.82, 2.24) is 9.71 Å². The van der Waals surface area contributed by atoms with Crippen LogP contribution in [-0.4, -0.2) is 46.9 Å². The number of benzene rings is 2. The van der Waals surface area contributed by atoms with E-state index in [-0.39, 0.29) is 5.69 Å². The SMILES string of the molecule is COc1ccc(-c2c(C(=O)NS(C)(=O)=O)[nH]c3cc(OC)c(OC)cc23)cc1. The Labute approximate surface area is 162 Å². The molecular formula is C19H20N2O6S.